The van der Waals surface area contributed by atoms with Crippen molar-refractivity contribution in [2.75, 3.05) is 0 Å². The molecule has 0 aromatic carbocycles. The number of rotatable bonds is 5. The lowest BCUT2D eigenvalue weighted by Gasteiger charge is -2.41. The summed E-state index contributed by atoms with van der Waals surface area (Å²) < 4.78 is 15.8. The highest BCUT2D eigenvalue weighted by atomic mass is 16.7. The van der Waals surface area contributed by atoms with Crippen LogP contribution in [0.4, 0.5) is 0 Å². The standard InChI is InChI=1S/C12H22O7/c1-5(2)17-9-7(13)8(14)12(18-6(3)4)19-10(9)11(15)16/h5-10,12-14H,1-4H3,(H,15,16)/t7-,8?,9+,10?,12-/m1/s1. The van der Waals surface area contributed by atoms with Crippen molar-refractivity contribution in [3.63, 3.8) is 0 Å². The van der Waals surface area contributed by atoms with E-state index in [0.717, 1.165) is 0 Å². The third-order valence-electron chi connectivity index (χ3n) is 2.62. The summed E-state index contributed by atoms with van der Waals surface area (Å²) in [6, 6.07) is 0. The SMILES string of the molecule is CC(C)O[C@@H]1OC(C(=O)O)[C@@H](OC(C)C)[C@H](O)C1O. The van der Waals surface area contributed by atoms with Crippen LogP contribution in [0.1, 0.15) is 27.7 Å². The van der Waals surface area contributed by atoms with E-state index in [2.05, 4.69) is 0 Å². The first-order chi connectivity index (χ1) is 8.73. The summed E-state index contributed by atoms with van der Waals surface area (Å²) in [5, 5.41) is 29.0. The Morgan fingerprint density at radius 1 is 1.05 bits per heavy atom. The Kier molecular flexibility index (Phi) is 5.69. The van der Waals surface area contributed by atoms with Crippen LogP contribution in [0.2, 0.25) is 0 Å². The van der Waals surface area contributed by atoms with Crippen molar-refractivity contribution in [1.82, 2.24) is 0 Å². The van der Waals surface area contributed by atoms with Crippen molar-refractivity contribution >= 4 is 5.97 Å². The molecule has 1 rings (SSSR count). The van der Waals surface area contributed by atoms with Crippen LogP contribution in [-0.2, 0) is 19.0 Å². The first-order valence-electron chi connectivity index (χ1n) is 6.29. The zero-order chi connectivity index (χ0) is 14.7. The van der Waals surface area contributed by atoms with Crippen molar-refractivity contribution in [3.8, 4) is 0 Å². The number of aliphatic hydroxyl groups is 2. The molecule has 1 aliphatic rings. The fourth-order valence-electron chi connectivity index (χ4n) is 1.88. The van der Waals surface area contributed by atoms with Crippen LogP contribution in [-0.4, -0.2) is 64.2 Å². The molecule has 1 heterocycles. The van der Waals surface area contributed by atoms with Gasteiger partial charge >= 0.3 is 5.97 Å². The molecule has 1 saturated heterocycles. The van der Waals surface area contributed by atoms with Gasteiger partial charge in [0.05, 0.1) is 12.2 Å². The third-order valence-corrected chi connectivity index (χ3v) is 2.62. The predicted molar refractivity (Wildman–Crippen MR) is 64.5 cm³/mol. The zero-order valence-electron chi connectivity index (χ0n) is 11.5. The quantitative estimate of drug-likeness (QED) is 0.636. The van der Waals surface area contributed by atoms with Gasteiger partial charge in [0.15, 0.2) is 12.4 Å². The maximum Gasteiger partial charge on any atom is 0.335 e. The molecular formula is C12H22O7. The number of ether oxygens (including phenoxy) is 3. The Morgan fingerprint density at radius 3 is 2.00 bits per heavy atom. The minimum absolute atomic E-state index is 0.274. The van der Waals surface area contributed by atoms with E-state index in [-0.39, 0.29) is 12.2 Å². The molecule has 0 radical (unpaired) electrons. The summed E-state index contributed by atoms with van der Waals surface area (Å²) in [5.74, 6) is -1.27. The van der Waals surface area contributed by atoms with Gasteiger partial charge in [0, 0.05) is 0 Å². The number of hydrogen-bond acceptors (Lipinski definition) is 6. The number of carbonyl (C=O) groups is 1. The van der Waals surface area contributed by atoms with Crippen LogP contribution < -0.4 is 0 Å². The van der Waals surface area contributed by atoms with Gasteiger partial charge in [0.1, 0.15) is 18.3 Å². The zero-order valence-corrected chi connectivity index (χ0v) is 11.5. The van der Waals surface area contributed by atoms with Gasteiger partial charge in [-0.25, -0.2) is 4.79 Å². The molecule has 0 spiro atoms. The predicted octanol–water partition coefficient (Wildman–Crippen LogP) is -0.264. The summed E-state index contributed by atoms with van der Waals surface area (Å²) >= 11 is 0. The molecule has 7 nitrogen and oxygen atoms in total. The van der Waals surface area contributed by atoms with Gasteiger partial charge in [-0.3, -0.25) is 0 Å². The fraction of sp³-hybridized carbons (Fsp3) is 0.917. The average molecular weight is 278 g/mol. The molecule has 0 aromatic heterocycles. The number of carboxylic acids is 1. The second-order valence-electron chi connectivity index (χ2n) is 5.08. The van der Waals surface area contributed by atoms with Crippen molar-refractivity contribution in [1.29, 1.82) is 0 Å². The van der Waals surface area contributed by atoms with Crippen molar-refractivity contribution in [3.05, 3.63) is 0 Å². The molecule has 0 saturated carbocycles. The molecule has 112 valence electrons. The Balaban J connectivity index is 2.87. The van der Waals surface area contributed by atoms with E-state index in [1.54, 1.807) is 27.7 Å². The number of aliphatic carboxylic acids is 1. The normalized spacial score (nSPS) is 35.9. The van der Waals surface area contributed by atoms with E-state index in [1.165, 1.54) is 0 Å². The second kappa shape index (κ2) is 6.62. The number of carboxylic acid groups (broad SMARTS) is 1. The molecule has 0 aromatic rings. The Morgan fingerprint density at radius 2 is 1.58 bits per heavy atom. The maximum absolute atomic E-state index is 11.2. The van der Waals surface area contributed by atoms with Crippen molar-refractivity contribution < 1.29 is 34.3 Å². The Bertz CT molecular complexity index is 304. The highest BCUT2D eigenvalue weighted by Gasteiger charge is 2.49. The Labute approximate surface area is 112 Å². The third kappa shape index (κ3) is 4.12. The molecule has 1 aliphatic heterocycles. The molecule has 19 heavy (non-hydrogen) atoms. The smallest absolute Gasteiger partial charge is 0.335 e. The van der Waals surface area contributed by atoms with Crippen molar-refractivity contribution in [2.24, 2.45) is 0 Å². The molecule has 5 atom stereocenters. The Hall–Kier alpha value is -0.730. The number of hydrogen-bond donors (Lipinski definition) is 3. The summed E-state index contributed by atoms with van der Waals surface area (Å²) in [6.45, 7) is 6.84. The van der Waals surface area contributed by atoms with Gasteiger partial charge in [-0.05, 0) is 27.7 Å². The van der Waals surface area contributed by atoms with E-state index >= 15 is 0 Å². The molecule has 7 heteroatoms. The van der Waals surface area contributed by atoms with Gasteiger partial charge in [-0.2, -0.15) is 0 Å². The largest absolute Gasteiger partial charge is 0.479 e. The van der Waals surface area contributed by atoms with Crippen LogP contribution in [0.15, 0.2) is 0 Å². The minimum atomic E-state index is -1.39. The number of aliphatic hydroxyl groups excluding tert-OH is 2. The topological polar surface area (TPSA) is 105 Å². The molecule has 2 unspecified atom stereocenters. The first kappa shape index (κ1) is 16.3. The summed E-state index contributed by atoms with van der Waals surface area (Å²) in [6.07, 6.45) is -7.04. The first-order valence-corrected chi connectivity index (χ1v) is 6.29. The van der Waals surface area contributed by atoms with Crippen LogP contribution in [0.5, 0.6) is 0 Å². The van der Waals surface area contributed by atoms with Gasteiger partial charge in [-0.15, -0.1) is 0 Å². The molecule has 3 N–H and O–H groups in total. The summed E-state index contributed by atoms with van der Waals surface area (Å²) in [4.78, 5) is 11.2. The van der Waals surface area contributed by atoms with E-state index in [4.69, 9.17) is 19.3 Å². The molecular weight excluding hydrogens is 256 g/mol. The van der Waals surface area contributed by atoms with Crippen LogP contribution in [0.3, 0.4) is 0 Å². The van der Waals surface area contributed by atoms with E-state index < -0.39 is 36.7 Å². The lowest BCUT2D eigenvalue weighted by Crippen LogP contribution is -2.61. The molecule has 0 bridgehead atoms. The van der Waals surface area contributed by atoms with Gasteiger partial charge in [-0.1, -0.05) is 0 Å². The lowest BCUT2D eigenvalue weighted by atomic mass is 9.98. The second-order valence-corrected chi connectivity index (χ2v) is 5.08. The fourth-order valence-corrected chi connectivity index (χ4v) is 1.88. The van der Waals surface area contributed by atoms with Crippen LogP contribution in [0.25, 0.3) is 0 Å². The minimum Gasteiger partial charge on any atom is -0.479 e. The average Bonchev–Trinajstić information content (AvgIpc) is 2.27. The monoisotopic (exact) mass is 278 g/mol. The van der Waals surface area contributed by atoms with E-state index in [0.29, 0.717) is 0 Å². The summed E-state index contributed by atoms with van der Waals surface area (Å²) in [7, 11) is 0. The lowest BCUT2D eigenvalue weighted by molar-refractivity contribution is -0.310. The molecule has 0 aliphatic carbocycles. The van der Waals surface area contributed by atoms with Crippen LogP contribution in [0, 0.1) is 0 Å². The highest BCUT2D eigenvalue weighted by Crippen LogP contribution is 2.26. The maximum atomic E-state index is 11.2. The van der Waals surface area contributed by atoms with Gasteiger partial charge in [0.2, 0.25) is 0 Å². The highest BCUT2D eigenvalue weighted by molar-refractivity contribution is 5.73. The molecule has 0 amide bonds. The van der Waals surface area contributed by atoms with E-state index in [1.807, 2.05) is 0 Å². The van der Waals surface area contributed by atoms with Crippen LogP contribution >= 0.6 is 0 Å². The van der Waals surface area contributed by atoms with E-state index in [9.17, 15) is 15.0 Å². The van der Waals surface area contributed by atoms with Crippen molar-refractivity contribution in [2.45, 2.75) is 70.6 Å². The van der Waals surface area contributed by atoms with Gasteiger partial charge in [0.25, 0.3) is 0 Å². The van der Waals surface area contributed by atoms with Gasteiger partial charge < -0.3 is 29.5 Å². The molecule has 1 fully saturated rings. The summed E-state index contributed by atoms with van der Waals surface area (Å²) in [5.41, 5.74) is 0.